The van der Waals surface area contributed by atoms with Gasteiger partial charge in [-0.2, -0.15) is 4.31 Å². The molecule has 2 N–H and O–H groups in total. The summed E-state index contributed by atoms with van der Waals surface area (Å²) in [6, 6.07) is 8.84. The van der Waals surface area contributed by atoms with Crippen molar-refractivity contribution < 1.29 is 17.9 Å². The van der Waals surface area contributed by atoms with Gasteiger partial charge in [-0.15, -0.1) is 11.3 Å². The predicted octanol–water partition coefficient (Wildman–Crippen LogP) is 3.49. The van der Waals surface area contributed by atoms with Crippen molar-refractivity contribution in [1.82, 2.24) is 14.6 Å². The molecule has 1 aromatic carbocycles. The first kappa shape index (κ1) is 22.4. The second-order valence-electron chi connectivity index (χ2n) is 7.05. The molecule has 11 heteroatoms. The lowest BCUT2D eigenvalue weighted by Crippen LogP contribution is -2.40. The highest BCUT2D eigenvalue weighted by atomic mass is 35.5. The summed E-state index contributed by atoms with van der Waals surface area (Å²) < 4.78 is 33.3. The molecule has 0 aliphatic carbocycles. The summed E-state index contributed by atoms with van der Waals surface area (Å²) in [5.74, 6) is -0.176. The second-order valence-corrected chi connectivity index (χ2v) is 11.1. The lowest BCUT2D eigenvalue weighted by atomic mass is 10.1. The molecule has 3 heterocycles. The van der Waals surface area contributed by atoms with Gasteiger partial charge in [0.15, 0.2) is 0 Å². The molecule has 1 amide bonds. The molecule has 0 bridgehead atoms. The Labute approximate surface area is 194 Å². The molecule has 164 valence electrons. The Bertz CT molecular complexity index is 1260. The van der Waals surface area contributed by atoms with Crippen molar-refractivity contribution in [3.63, 3.8) is 0 Å². The maximum atomic E-state index is 12.9. The van der Waals surface area contributed by atoms with Gasteiger partial charge in [-0.3, -0.25) is 4.79 Å². The van der Waals surface area contributed by atoms with Crippen LogP contribution in [0.15, 0.2) is 40.7 Å². The van der Waals surface area contributed by atoms with E-state index in [0.717, 1.165) is 16.9 Å². The number of morpholine rings is 1. The van der Waals surface area contributed by atoms with E-state index in [1.807, 2.05) is 12.1 Å². The molecule has 1 aliphatic rings. The van der Waals surface area contributed by atoms with Crippen molar-refractivity contribution in [3.8, 4) is 0 Å². The maximum absolute atomic E-state index is 12.9. The van der Waals surface area contributed by atoms with E-state index in [2.05, 4.69) is 10.3 Å². The van der Waals surface area contributed by atoms with E-state index in [1.54, 1.807) is 24.4 Å². The van der Waals surface area contributed by atoms with Gasteiger partial charge in [0.1, 0.15) is 9.04 Å². The van der Waals surface area contributed by atoms with E-state index in [4.69, 9.17) is 28.6 Å². The van der Waals surface area contributed by atoms with Gasteiger partial charge in [-0.05, 0) is 29.3 Å². The molecule has 0 spiro atoms. The van der Waals surface area contributed by atoms with E-state index in [9.17, 15) is 13.2 Å². The maximum Gasteiger partial charge on any atom is 0.252 e. The number of thiophene rings is 1. The zero-order valence-corrected chi connectivity index (χ0v) is 19.6. The normalized spacial score (nSPS) is 15.3. The molecule has 3 aromatic rings. The summed E-state index contributed by atoms with van der Waals surface area (Å²) in [7, 11) is -3.60. The number of carbonyl (C=O) groups excluding carboxylic acids is 1. The minimum Gasteiger partial charge on any atom is -0.379 e. The number of amides is 1. The third-order valence-corrected chi connectivity index (χ3v) is 9.09. The Kier molecular flexibility index (Phi) is 6.75. The van der Waals surface area contributed by atoms with Crippen LogP contribution in [-0.2, 0) is 32.5 Å². The summed E-state index contributed by atoms with van der Waals surface area (Å²) in [5, 5.41) is 4.13. The number of nitrogens with one attached hydrogen (secondary N) is 2. The van der Waals surface area contributed by atoms with Gasteiger partial charge < -0.3 is 15.0 Å². The molecule has 0 saturated carbocycles. The summed E-state index contributed by atoms with van der Waals surface area (Å²) >= 11 is 12.6. The summed E-state index contributed by atoms with van der Waals surface area (Å²) in [5.41, 5.74) is 1.58. The molecule has 7 nitrogen and oxygen atoms in total. The van der Waals surface area contributed by atoms with Crippen molar-refractivity contribution >= 4 is 61.3 Å². The number of benzene rings is 1. The van der Waals surface area contributed by atoms with Crippen molar-refractivity contribution in [3.05, 3.63) is 57.2 Å². The smallest absolute Gasteiger partial charge is 0.252 e. The van der Waals surface area contributed by atoms with E-state index < -0.39 is 10.0 Å². The Balaban J connectivity index is 1.50. The van der Waals surface area contributed by atoms with Crippen molar-refractivity contribution in [1.29, 1.82) is 0 Å². The molecule has 2 aromatic heterocycles. The number of halogens is 1. The van der Waals surface area contributed by atoms with Gasteiger partial charge in [-0.1, -0.05) is 36.0 Å². The molecule has 1 saturated heterocycles. The summed E-state index contributed by atoms with van der Waals surface area (Å²) in [6.07, 6.45) is 1.77. The van der Waals surface area contributed by atoms with Crippen LogP contribution < -0.4 is 5.32 Å². The fourth-order valence-corrected chi connectivity index (χ4v) is 6.63. The molecule has 1 aliphatic heterocycles. The molecule has 0 atom stereocenters. The number of hydrogen-bond acceptors (Lipinski definition) is 6. The number of aromatic nitrogens is 1. The van der Waals surface area contributed by atoms with Crippen LogP contribution >= 0.6 is 35.2 Å². The third kappa shape index (κ3) is 5.00. The number of ether oxygens (including phenoxy) is 1. The van der Waals surface area contributed by atoms with Crippen LogP contribution in [0, 0.1) is 4.51 Å². The topological polar surface area (TPSA) is 91.5 Å². The van der Waals surface area contributed by atoms with Crippen LogP contribution in [0.2, 0.25) is 5.02 Å². The van der Waals surface area contributed by atoms with Crippen LogP contribution in [0.5, 0.6) is 0 Å². The van der Waals surface area contributed by atoms with Crippen LogP contribution in [0.25, 0.3) is 10.2 Å². The molecule has 4 rings (SSSR count). The number of rotatable bonds is 6. The molecule has 0 radical (unpaired) electrons. The lowest BCUT2D eigenvalue weighted by molar-refractivity contribution is -0.120. The van der Waals surface area contributed by atoms with E-state index >= 15 is 0 Å². The zero-order chi connectivity index (χ0) is 22.0. The summed E-state index contributed by atoms with van der Waals surface area (Å²) in [4.78, 5) is 16.2. The van der Waals surface area contributed by atoms with Gasteiger partial charge in [0, 0.05) is 36.2 Å². The monoisotopic (exact) mass is 497 g/mol. The first-order valence-corrected chi connectivity index (χ1v) is 12.6. The van der Waals surface area contributed by atoms with Gasteiger partial charge in [0.2, 0.25) is 5.91 Å². The number of hydrogen-bond donors (Lipinski definition) is 2. The fraction of sp³-hybridized carbons (Fsp3) is 0.300. The Morgan fingerprint density at radius 1 is 1.26 bits per heavy atom. The summed E-state index contributed by atoms with van der Waals surface area (Å²) in [6.45, 7) is 1.82. The SMILES string of the molecule is O=C(Cc1c[nH]c2sc(S(=O)(=O)N3CCOCC3)cc2c1=S)NCc1ccc(Cl)cc1. The standard InChI is InChI=1S/C20H20ClN3O4S3/c21-15-3-1-13(2-4-15)11-22-17(25)9-14-12-23-20-16(19(14)29)10-18(30-20)31(26,27)24-5-7-28-8-6-24/h1-4,10,12H,5-9,11H2,(H,22,25)(H,23,29). The minimum absolute atomic E-state index is 0.0975. The first-order valence-electron chi connectivity index (χ1n) is 9.58. The van der Waals surface area contributed by atoms with Crippen LogP contribution in [0.4, 0.5) is 0 Å². The van der Waals surface area contributed by atoms with Crippen molar-refractivity contribution in [2.24, 2.45) is 0 Å². The molecular weight excluding hydrogens is 478 g/mol. The largest absolute Gasteiger partial charge is 0.379 e. The highest BCUT2D eigenvalue weighted by Gasteiger charge is 2.28. The van der Waals surface area contributed by atoms with Gasteiger partial charge >= 0.3 is 0 Å². The number of pyridine rings is 1. The fourth-order valence-electron chi connectivity index (χ4n) is 3.25. The number of nitrogens with zero attached hydrogens (tertiary/aromatic N) is 1. The van der Waals surface area contributed by atoms with Crippen molar-refractivity contribution in [2.45, 2.75) is 17.2 Å². The molecule has 31 heavy (non-hydrogen) atoms. The number of sulfonamides is 1. The third-order valence-electron chi connectivity index (χ3n) is 4.94. The average molecular weight is 498 g/mol. The van der Waals surface area contributed by atoms with Crippen LogP contribution in [0.3, 0.4) is 0 Å². The highest BCUT2D eigenvalue weighted by Crippen LogP contribution is 2.31. The number of carbonyl (C=O) groups is 1. The first-order chi connectivity index (χ1) is 14.8. The Morgan fingerprint density at radius 2 is 1.97 bits per heavy atom. The van der Waals surface area contributed by atoms with Crippen molar-refractivity contribution in [2.75, 3.05) is 26.3 Å². The average Bonchev–Trinajstić information content (AvgIpc) is 3.22. The second kappa shape index (κ2) is 9.35. The Morgan fingerprint density at radius 3 is 2.68 bits per heavy atom. The predicted molar refractivity (Wildman–Crippen MR) is 124 cm³/mol. The number of fused-ring (bicyclic) bond motifs is 1. The molecule has 1 fully saturated rings. The van der Waals surface area contributed by atoms with E-state index in [-0.39, 0.29) is 16.5 Å². The minimum atomic E-state index is -3.60. The highest BCUT2D eigenvalue weighted by molar-refractivity contribution is 7.91. The van der Waals surface area contributed by atoms with Crippen LogP contribution in [-0.4, -0.2) is 49.9 Å². The number of H-pyrrole nitrogens is 1. The van der Waals surface area contributed by atoms with E-state index in [1.165, 1.54) is 4.31 Å². The van der Waals surface area contributed by atoms with Gasteiger partial charge in [-0.25, -0.2) is 8.42 Å². The Hall–Kier alpha value is -1.82. The zero-order valence-electron chi connectivity index (χ0n) is 16.4. The lowest BCUT2D eigenvalue weighted by Gasteiger charge is -2.25. The van der Waals surface area contributed by atoms with E-state index in [0.29, 0.717) is 58.2 Å². The molecular formula is C20H20ClN3O4S3. The van der Waals surface area contributed by atoms with Crippen LogP contribution in [0.1, 0.15) is 11.1 Å². The van der Waals surface area contributed by atoms with Gasteiger partial charge in [0.05, 0.1) is 24.1 Å². The number of aromatic amines is 1. The quantitative estimate of drug-likeness (QED) is 0.509. The van der Waals surface area contributed by atoms with Gasteiger partial charge in [0.25, 0.3) is 10.0 Å². The molecule has 0 unspecified atom stereocenters.